The predicted octanol–water partition coefficient (Wildman–Crippen LogP) is 5.52. The molecule has 146 valence electrons. The highest BCUT2D eigenvalue weighted by Gasteiger charge is 2.10. The van der Waals surface area contributed by atoms with Crippen LogP contribution in [0.5, 0.6) is 5.06 Å². The zero-order valence-corrected chi connectivity index (χ0v) is 17.0. The van der Waals surface area contributed by atoms with Gasteiger partial charge in [-0.1, -0.05) is 41.7 Å². The largest absolute Gasteiger partial charge is 0.412 e. The number of carbonyl (C=O) groups is 1. The maximum atomic E-state index is 12.0. The summed E-state index contributed by atoms with van der Waals surface area (Å²) in [6.45, 7) is 0. The van der Waals surface area contributed by atoms with Crippen molar-refractivity contribution < 1.29 is 14.3 Å². The number of rotatable bonds is 6. The van der Waals surface area contributed by atoms with Crippen molar-refractivity contribution in [3.63, 3.8) is 0 Å². The number of benzene rings is 1. The zero-order valence-electron chi connectivity index (χ0n) is 15.4. The molecular formula is C22H13N3O3S2. The van der Waals surface area contributed by atoms with Crippen LogP contribution in [-0.2, 0) is 9.59 Å². The number of thiophene rings is 2. The first-order chi connectivity index (χ1) is 14.7. The van der Waals surface area contributed by atoms with Gasteiger partial charge in [0.2, 0.25) is 6.08 Å². The quantitative estimate of drug-likeness (QED) is 0.174. The smallest absolute Gasteiger partial charge is 0.336 e. The van der Waals surface area contributed by atoms with E-state index < -0.39 is 5.97 Å². The van der Waals surface area contributed by atoms with Gasteiger partial charge in [0.1, 0.15) is 5.00 Å². The molecule has 0 radical (unpaired) electrons. The molecule has 0 saturated heterocycles. The monoisotopic (exact) mass is 431 g/mol. The van der Waals surface area contributed by atoms with Crippen LogP contribution < -0.4 is 4.74 Å². The zero-order chi connectivity index (χ0) is 20.8. The number of carbonyl (C=O) groups excluding carboxylic acids is 2. The Morgan fingerprint density at radius 3 is 2.33 bits per heavy atom. The highest BCUT2D eigenvalue weighted by molar-refractivity contribution is 7.19. The van der Waals surface area contributed by atoms with Crippen molar-refractivity contribution in [3.05, 3.63) is 78.6 Å². The molecule has 30 heavy (non-hydrogen) atoms. The first kappa shape index (κ1) is 19.6. The van der Waals surface area contributed by atoms with Crippen LogP contribution >= 0.6 is 22.7 Å². The van der Waals surface area contributed by atoms with Crippen LogP contribution in [0.3, 0.4) is 0 Å². The van der Waals surface area contributed by atoms with Crippen LogP contribution in [0.25, 0.3) is 27.2 Å². The summed E-state index contributed by atoms with van der Waals surface area (Å²) in [6.07, 6.45) is 7.94. The number of ether oxygens (including phenoxy) is 1. The maximum Gasteiger partial charge on any atom is 0.336 e. The third kappa shape index (κ3) is 4.82. The van der Waals surface area contributed by atoms with Crippen molar-refractivity contribution in [2.24, 2.45) is 4.99 Å². The van der Waals surface area contributed by atoms with Gasteiger partial charge in [0, 0.05) is 6.08 Å². The minimum absolute atomic E-state index is 0.444. The molecule has 4 rings (SSSR count). The number of nitrogens with zero attached hydrogens (tertiary/aromatic N) is 3. The summed E-state index contributed by atoms with van der Waals surface area (Å²) in [5.74, 6) is -0.444. The van der Waals surface area contributed by atoms with Crippen molar-refractivity contribution >= 4 is 45.8 Å². The number of esters is 1. The van der Waals surface area contributed by atoms with E-state index in [4.69, 9.17) is 4.74 Å². The highest BCUT2D eigenvalue weighted by Crippen LogP contribution is 2.34. The van der Waals surface area contributed by atoms with Gasteiger partial charge >= 0.3 is 5.97 Å². The minimum Gasteiger partial charge on any atom is -0.412 e. The maximum absolute atomic E-state index is 12.0. The van der Waals surface area contributed by atoms with Crippen molar-refractivity contribution in [2.45, 2.75) is 0 Å². The van der Waals surface area contributed by atoms with E-state index in [-0.39, 0.29) is 0 Å². The van der Waals surface area contributed by atoms with Gasteiger partial charge in [-0.3, -0.25) is 9.97 Å². The van der Waals surface area contributed by atoms with Gasteiger partial charge in [-0.05, 0) is 35.9 Å². The van der Waals surface area contributed by atoms with Gasteiger partial charge in [-0.25, -0.2) is 9.59 Å². The molecule has 6 nitrogen and oxygen atoms in total. The molecule has 0 fully saturated rings. The summed E-state index contributed by atoms with van der Waals surface area (Å²) in [6, 6.07) is 16.6. The second kappa shape index (κ2) is 9.19. The lowest BCUT2D eigenvalue weighted by Crippen LogP contribution is -2.01. The Hall–Kier alpha value is -3.71. The van der Waals surface area contributed by atoms with Gasteiger partial charge in [0.25, 0.3) is 0 Å². The van der Waals surface area contributed by atoms with Gasteiger partial charge < -0.3 is 4.74 Å². The molecule has 0 spiro atoms. The lowest BCUT2D eigenvalue weighted by atomic mass is 10.2. The molecule has 3 aromatic heterocycles. The molecule has 3 heterocycles. The van der Waals surface area contributed by atoms with Crippen molar-refractivity contribution in [2.75, 3.05) is 0 Å². The Balaban J connectivity index is 1.42. The molecule has 0 N–H and O–H groups in total. The van der Waals surface area contributed by atoms with Crippen molar-refractivity contribution in [1.82, 2.24) is 9.97 Å². The predicted molar refractivity (Wildman–Crippen MR) is 118 cm³/mol. The summed E-state index contributed by atoms with van der Waals surface area (Å²) >= 11 is 2.65. The minimum atomic E-state index is -0.444. The van der Waals surface area contributed by atoms with Gasteiger partial charge in [0.15, 0.2) is 5.06 Å². The summed E-state index contributed by atoms with van der Waals surface area (Å²) in [5.41, 5.74) is 2.28. The molecule has 0 aliphatic carbocycles. The van der Waals surface area contributed by atoms with Crippen LogP contribution in [-0.4, -0.2) is 22.0 Å². The molecule has 4 aromatic rings. The number of hydrogen-bond donors (Lipinski definition) is 0. The van der Waals surface area contributed by atoms with Crippen LogP contribution in [0.4, 0.5) is 5.00 Å². The van der Waals surface area contributed by atoms with E-state index in [2.05, 4.69) is 15.0 Å². The van der Waals surface area contributed by atoms with Crippen LogP contribution in [0.1, 0.15) is 5.56 Å². The molecule has 8 heteroatoms. The fourth-order valence-electron chi connectivity index (χ4n) is 2.53. The Labute approximate surface area is 179 Å². The van der Waals surface area contributed by atoms with Gasteiger partial charge in [0.05, 0.1) is 33.5 Å². The molecule has 0 aliphatic rings. The fourth-order valence-corrected chi connectivity index (χ4v) is 4.14. The Morgan fingerprint density at radius 2 is 1.63 bits per heavy atom. The number of aromatic nitrogens is 2. The normalized spacial score (nSPS) is 10.7. The first-order valence-electron chi connectivity index (χ1n) is 8.76. The number of hydrogen-bond acceptors (Lipinski definition) is 8. The van der Waals surface area contributed by atoms with E-state index in [1.54, 1.807) is 30.6 Å². The van der Waals surface area contributed by atoms with E-state index in [0.717, 1.165) is 15.3 Å². The summed E-state index contributed by atoms with van der Waals surface area (Å²) in [4.78, 5) is 36.5. The van der Waals surface area contributed by atoms with E-state index in [1.165, 1.54) is 34.8 Å². The Kier molecular flexibility index (Phi) is 6.01. The first-order valence-corrected chi connectivity index (χ1v) is 10.4. The lowest BCUT2D eigenvalue weighted by Gasteiger charge is -1.99. The second-order valence-electron chi connectivity index (χ2n) is 5.91. The molecule has 0 bridgehead atoms. The van der Waals surface area contributed by atoms with Crippen LogP contribution in [0.2, 0.25) is 0 Å². The molecule has 0 amide bonds. The van der Waals surface area contributed by atoms with Crippen LogP contribution in [0.15, 0.2) is 78.1 Å². The van der Waals surface area contributed by atoms with E-state index in [9.17, 15) is 9.59 Å². The summed E-state index contributed by atoms with van der Waals surface area (Å²) in [7, 11) is 0. The van der Waals surface area contributed by atoms with Crippen molar-refractivity contribution in [3.8, 4) is 26.2 Å². The highest BCUT2D eigenvalue weighted by atomic mass is 32.1. The van der Waals surface area contributed by atoms with Gasteiger partial charge in [-0.2, -0.15) is 4.99 Å². The van der Waals surface area contributed by atoms with E-state index in [0.29, 0.717) is 21.5 Å². The second-order valence-corrected chi connectivity index (χ2v) is 8.02. The molecule has 0 unspecified atom stereocenters. The average molecular weight is 431 g/mol. The average Bonchev–Trinajstić information content (AvgIpc) is 3.43. The lowest BCUT2D eigenvalue weighted by molar-refractivity contribution is -0.128. The van der Waals surface area contributed by atoms with Crippen LogP contribution in [0, 0.1) is 0 Å². The molecular weight excluding hydrogens is 418 g/mol. The molecule has 1 aromatic carbocycles. The fraction of sp³-hybridized carbons (Fsp3) is 0. The third-order valence-corrected chi connectivity index (χ3v) is 5.89. The summed E-state index contributed by atoms with van der Waals surface area (Å²) in [5, 5.41) is 1.05. The van der Waals surface area contributed by atoms with E-state index in [1.807, 2.05) is 42.5 Å². The van der Waals surface area contributed by atoms with Gasteiger partial charge in [-0.15, -0.1) is 11.3 Å². The number of isocyanates is 1. The number of aliphatic imine (C=N–C) groups is 1. The molecule has 0 saturated carbocycles. The van der Waals surface area contributed by atoms with E-state index >= 15 is 0 Å². The summed E-state index contributed by atoms with van der Waals surface area (Å²) < 4.78 is 5.36. The Bertz CT molecular complexity index is 1240. The standard InChI is InChI=1S/C22H13N3O3S2/c26-14-25-20-9-7-18(29-20)16-12-24-17(13-23-16)19-8-11-22(30-19)28-21(27)10-6-15-4-2-1-3-5-15/h1-13H. The Morgan fingerprint density at radius 1 is 0.933 bits per heavy atom. The van der Waals surface area contributed by atoms with Crippen molar-refractivity contribution in [1.29, 1.82) is 0 Å². The third-order valence-electron chi connectivity index (χ3n) is 3.90. The topological polar surface area (TPSA) is 81.5 Å². The SMILES string of the molecule is O=C=Nc1ccc(-c2cnc(-c3ccc(OC(=O)C=Cc4ccccc4)s3)cn2)s1. The molecule has 0 atom stereocenters. The molecule has 0 aliphatic heterocycles.